The van der Waals surface area contributed by atoms with Crippen LogP contribution >= 0.6 is 0 Å². The Morgan fingerprint density at radius 3 is 2.71 bits per heavy atom. The van der Waals surface area contributed by atoms with E-state index in [0.717, 1.165) is 12.2 Å². The van der Waals surface area contributed by atoms with Crippen molar-refractivity contribution in [2.45, 2.75) is 26.7 Å². The van der Waals surface area contributed by atoms with E-state index in [1.807, 2.05) is 6.92 Å². The zero-order valence-electron chi connectivity index (χ0n) is 10.0. The Balaban J connectivity index is 2.37. The van der Waals surface area contributed by atoms with Crippen LogP contribution in [0.3, 0.4) is 0 Å². The molecule has 1 amide bonds. The van der Waals surface area contributed by atoms with Crippen LogP contribution in [0.1, 0.15) is 36.6 Å². The number of rotatable bonds is 6. The zero-order valence-corrected chi connectivity index (χ0v) is 10.0. The Hall–Kier alpha value is -1.78. The first kappa shape index (κ1) is 13.3. The molecular formula is C12H17NO4. The smallest absolute Gasteiger partial charge is 0.306 e. The fourth-order valence-electron chi connectivity index (χ4n) is 1.30. The second kappa shape index (κ2) is 6.08. The van der Waals surface area contributed by atoms with Gasteiger partial charge in [0.2, 0.25) is 0 Å². The van der Waals surface area contributed by atoms with Crippen LogP contribution in [0, 0.1) is 5.92 Å². The highest BCUT2D eigenvalue weighted by atomic mass is 16.4. The van der Waals surface area contributed by atoms with E-state index in [4.69, 9.17) is 9.52 Å². The number of furan rings is 1. The summed E-state index contributed by atoms with van der Waals surface area (Å²) in [7, 11) is 0. The highest BCUT2D eigenvalue weighted by Crippen LogP contribution is 2.08. The van der Waals surface area contributed by atoms with Crippen LogP contribution in [0.2, 0.25) is 0 Å². The van der Waals surface area contributed by atoms with Gasteiger partial charge in [-0.25, -0.2) is 0 Å². The van der Waals surface area contributed by atoms with E-state index in [9.17, 15) is 9.59 Å². The molecule has 0 saturated carbocycles. The van der Waals surface area contributed by atoms with E-state index in [0.29, 0.717) is 13.0 Å². The molecule has 0 spiro atoms. The molecule has 0 aliphatic rings. The Kier molecular flexibility index (Phi) is 4.75. The van der Waals surface area contributed by atoms with Crippen LogP contribution in [0.15, 0.2) is 16.5 Å². The number of amides is 1. The maximum absolute atomic E-state index is 11.6. The number of aryl methyl sites for hydroxylation is 1. The summed E-state index contributed by atoms with van der Waals surface area (Å²) in [6.45, 7) is 3.88. The lowest BCUT2D eigenvalue weighted by Crippen LogP contribution is -2.26. The zero-order chi connectivity index (χ0) is 12.8. The molecule has 94 valence electrons. The predicted octanol–water partition coefficient (Wildman–Crippen LogP) is 1.68. The molecule has 1 unspecified atom stereocenters. The molecule has 0 radical (unpaired) electrons. The minimum Gasteiger partial charge on any atom is -0.481 e. The molecule has 0 bridgehead atoms. The second-order valence-corrected chi connectivity index (χ2v) is 3.90. The van der Waals surface area contributed by atoms with Crippen molar-refractivity contribution in [3.8, 4) is 0 Å². The monoisotopic (exact) mass is 239 g/mol. The van der Waals surface area contributed by atoms with E-state index in [-0.39, 0.29) is 11.7 Å². The molecule has 0 saturated heterocycles. The first-order valence-corrected chi connectivity index (χ1v) is 5.64. The molecule has 2 N–H and O–H groups in total. The summed E-state index contributed by atoms with van der Waals surface area (Å²) in [6, 6.07) is 3.38. The van der Waals surface area contributed by atoms with Gasteiger partial charge in [-0.05, 0) is 18.6 Å². The van der Waals surface area contributed by atoms with Crippen LogP contribution in [-0.4, -0.2) is 23.5 Å². The lowest BCUT2D eigenvalue weighted by Gasteiger charge is -2.06. The summed E-state index contributed by atoms with van der Waals surface area (Å²) < 4.78 is 5.27. The highest BCUT2D eigenvalue weighted by Gasteiger charge is 2.13. The number of nitrogens with one attached hydrogen (secondary N) is 1. The van der Waals surface area contributed by atoms with Crippen molar-refractivity contribution in [3.63, 3.8) is 0 Å². The number of carbonyl (C=O) groups is 2. The fourth-order valence-corrected chi connectivity index (χ4v) is 1.30. The van der Waals surface area contributed by atoms with Crippen LogP contribution in [-0.2, 0) is 11.2 Å². The minimum atomic E-state index is -0.856. The molecule has 1 atom stereocenters. The molecule has 5 nitrogen and oxygen atoms in total. The molecule has 1 rings (SSSR count). The standard InChI is InChI=1S/C12H17NO4/c1-3-9-4-5-10(17-9)11(14)13-7-6-8(2)12(15)16/h4-5,8H,3,6-7H2,1-2H3,(H,13,14)(H,15,16). The average molecular weight is 239 g/mol. The Morgan fingerprint density at radius 2 is 2.18 bits per heavy atom. The third-order valence-electron chi connectivity index (χ3n) is 2.52. The van der Waals surface area contributed by atoms with Gasteiger partial charge >= 0.3 is 5.97 Å². The molecule has 1 heterocycles. The Morgan fingerprint density at radius 1 is 1.47 bits per heavy atom. The van der Waals surface area contributed by atoms with Crippen LogP contribution in [0.5, 0.6) is 0 Å². The van der Waals surface area contributed by atoms with Crippen molar-refractivity contribution in [1.29, 1.82) is 0 Å². The molecular weight excluding hydrogens is 222 g/mol. The number of carboxylic acid groups (broad SMARTS) is 1. The van der Waals surface area contributed by atoms with Crippen molar-refractivity contribution in [2.24, 2.45) is 5.92 Å². The normalized spacial score (nSPS) is 12.1. The minimum absolute atomic E-state index is 0.268. The van der Waals surface area contributed by atoms with E-state index in [1.54, 1.807) is 19.1 Å². The largest absolute Gasteiger partial charge is 0.481 e. The lowest BCUT2D eigenvalue weighted by molar-refractivity contribution is -0.141. The predicted molar refractivity (Wildman–Crippen MR) is 61.8 cm³/mol. The number of carbonyl (C=O) groups excluding carboxylic acids is 1. The van der Waals surface area contributed by atoms with Gasteiger partial charge in [-0.1, -0.05) is 13.8 Å². The highest BCUT2D eigenvalue weighted by molar-refractivity contribution is 5.91. The van der Waals surface area contributed by atoms with E-state index in [1.165, 1.54) is 0 Å². The average Bonchev–Trinajstić information content (AvgIpc) is 2.77. The van der Waals surface area contributed by atoms with Crippen LogP contribution in [0.4, 0.5) is 0 Å². The Labute approximate surface area is 99.8 Å². The van der Waals surface area contributed by atoms with Gasteiger partial charge in [0.15, 0.2) is 5.76 Å². The summed E-state index contributed by atoms with van der Waals surface area (Å²) in [5.41, 5.74) is 0. The molecule has 17 heavy (non-hydrogen) atoms. The summed E-state index contributed by atoms with van der Waals surface area (Å²) in [5.74, 6) is -0.593. The first-order chi connectivity index (χ1) is 8.04. The van der Waals surface area contributed by atoms with Crippen molar-refractivity contribution in [1.82, 2.24) is 5.32 Å². The summed E-state index contributed by atoms with van der Waals surface area (Å²) in [6.07, 6.45) is 1.14. The fraction of sp³-hybridized carbons (Fsp3) is 0.500. The van der Waals surface area contributed by atoms with Crippen molar-refractivity contribution in [3.05, 3.63) is 23.7 Å². The van der Waals surface area contributed by atoms with Gasteiger partial charge in [0.05, 0.1) is 5.92 Å². The van der Waals surface area contributed by atoms with Gasteiger partial charge < -0.3 is 14.8 Å². The van der Waals surface area contributed by atoms with Crippen LogP contribution in [0.25, 0.3) is 0 Å². The number of carboxylic acids is 1. The molecule has 0 aromatic carbocycles. The van der Waals surface area contributed by atoms with Gasteiger partial charge in [0, 0.05) is 13.0 Å². The maximum atomic E-state index is 11.6. The van der Waals surface area contributed by atoms with Crippen molar-refractivity contribution >= 4 is 11.9 Å². The summed E-state index contributed by atoms with van der Waals surface area (Å²) in [5, 5.41) is 11.3. The van der Waals surface area contributed by atoms with Crippen LogP contribution < -0.4 is 5.32 Å². The quantitative estimate of drug-likeness (QED) is 0.791. The number of hydrogen-bond donors (Lipinski definition) is 2. The molecule has 0 fully saturated rings. The van der Waals surface area contributed by atoms with Gasteiger partial charge in [-0.2, -0.15) is 0 Å². The third kappa shape index (κ3) is 3.94. The van der Waals surface area contributed by atoms with E-state index < -0.39 is 11.9 Å². The number of aliphatic carboxylic acids is 1. The maximum Gasteiger partial charge on any atom is 0.306 e. The second-order valence-electron chi connectivity index (χ2n) is 3.90. The molecule has 1 aromatic rings. The van der Waals surface area contributed by atoms with Crippen molar-refractivity contribution in [2.75, 3.05) is 6.54 Å². The summed E-state index contributed by atoms with van der Waals surface area (Å²) >= 11 is 0. The summed E-state index contributed by atoms with van der Waals surface area (Å²) in [4.78, 5) is 22.1. The Bertz CT molecular complexity index is 397. The van der Waals surface area contributed by atoms with E-state index >= 15 is 0 Å². The van der Waals surface area contributed by atoms with Gasteiger partial charge in [-0.15, -0.1) is 0 Å². The molecule has 0 aliphatic carbocycles. The topological polar surface area (TPSA) is 79.5 Å². The molecule has 0 aliphatic heterocycles. The molecule has 5 heteroatoms. The van der Waals surface area contributed by atoms with Gasteiger partial charge in [0.1, 0.15) is 5.76 Å². The molecule has 1 aromatic heterocycles. The SMILES string of the molecule is CCc1ccc(C(=O)NCCC(C)C(=O)O)o1. The van der Waals surface area contributed by atoms with Crippen molar-refractivity contribution < 1.29 is 19.1 Å². The van der Waals surface area contributed by atoms with Gasteiger partial charge in [-0.3, -0.25) is 9.59 Å². The van der Waals surface area contributed by atoms with E-state index in [2.05, 4.69) is 5.32 Å². The van der Waals surface area contributed by atoms with Gasteiger partial charge in [0.25, 0.3) is 5.91 Å². The third-order valence-corrected chi connectivity index (χ3v) is 2.52. The lowest BCUT2D eigenvalue weighted by atomic mass is 10.1. The first-order valence-electron chi connectivity index (χ1n) is 5.64. The number of hydrogen-bond acceptors (Lipinski definition) is 3.